The normalized spacial score (nSPS) is 11.3. The highest BCUT2D eigenvalue weighted by Crippen LogP contribution is 2.25. The lowest BCUT2D eigenvalue weighted by Gasteiger charge is -2.07. The van der Waals surface area contributed by atoms with Crippen molar-refractivity contribution in [2.24, 2.45) is 0 Å². The minimum Gasteiger partial charge on any atom is -0.507 e. The number of aromatic nitrogens is 1. The number of benzene rings is 1. The summed E-state index contributed by atoms with van der Waals surface area (Å²) < 4.78 is 31.4. The molecular weight excluding hydrogens is 300 g/mol. The number of aromatic hydroxyl groups is 1. The van der Waals surface area contributed by atoms with Crippen molar-refractivity contribution in [2.45, 2.75) is 18.7 Å². The van der Waals surface area contributed by atoms with Gasteiger partial charge in [-0.15, -0.1) is 0 Å². The fourth-order valence-corrected chi connectivity index (χ4v) is 2.62. The fourth-order valence-electron chi connectivity index (χ4n) is 1.55. The predicted molar refractivity (Wildman–Crippen MR) is 71.9 cm³/mol. The number of hydrogen-bond acceptors (Lipinski definition) is 6. The maximum absolute atomic E-state index is 12.2. The number of aryl methyl sites for hydroxylation is 1. The molecule has 112 valence electrons. The highest BCUT2D eigenvalue weighted by atomic mass is 32.2. The molecule has 0 aliphatic carbocycles. The summed E-state index contributed by atoms with van der Waals surface area (Å²) in [6.45, 7) is 3.28. The van der Waals surface area contributed by atoms with E-state index in [2.05, 4.69) is 9.88 Å². The number of nitrogens with one attached hydrogen (secondary N) is 1. The van der Waals surface area contributed by atoms with Crippen LogP contribution in [0.4, 0.5) is 5.88 Å². The lowest BCUT2D eigenvalue weighted by Crippen LogP contribution is -2.14. The largest absolute Gasteiger partial charge is 0.507 e. The molecule has 0 aliphatic rings. The Morgan fingerprint density at radius 1 is 1.33 bits per heavy atom. The lowest BCUT2D eigenvalue weighted by atomic mass is 10.2. The molecule has 0 aliphatic heterocycles. The molecule has 0 unspecified atom stereocenters. The van der Waals surface area contributed by atoms with E-state index in [1.54, 1.807) is 13.8 Å². The summed E-state index contributed by atoms with van der Waals surface area (Å²) in [5.74, 6) is -2.00. The first-order valence-corrected chi connectivity index (χ1v) is 7.22. The summed E-state index contributed by atoms with van der Waals surface area (Å²) in [6.07, 6.45) is 0. The molecule has 0 spiro atoms. The van der Waals surface area contributed by atoms with Crippen LogP contribution in [0.25, 0.3) is 0 Å². The minimum absolute atomic E-state index is 0.0440. The van der Waals surface area contributed by atoms with Crippen LogP contribution in [0.3, 0.4) is 0 Å². The Balaban J connectivity index is 2.43. The molecular formula is C12H12N2O6S. The molecule has 21 heavy (non-hydrogen) atoms. The quantitative estimate of drug-likeness (QED) is 0.779. The standard InChI is InChI=1S/C12H12N2O6S/c1-6-7(2)13-20-11(6)14-21(18,19)8-3-4-10(15)9(5-8)12(16)17/h3-5,14-15H,1-2H3,(H,16,17). The molecule has 1 aromatic heterocycles. The van der Waals surface area contributed by atoms with Gasteiger partial charge in [0, 0.05) is 5.56 Å². The number of aromatic carboxylic acids is 1. The van der Waals surface area contributed by atoms with E-state index in [1.165, 1.54) is 0 Å². The maximum Gasteiger partial charge on any atom is 0.339 e. The Kier molecular flexibility index (Phi) is 3.60. The van der Waals surface area contributed by atoms with E-state index in [0.29, 0.717) is 11.3 Å². The van der Waals surface area contributed by atoms with Crippen molar-refractivity contribution in [1.29, 1.82) is 0 Å². The second kappa shape index (κ2) is 5.09. The Labute approximate surface area is 120 Å². The number of sulfonamides is 1. The van der Waals surface area contributed by atoms with Crippen LogP contribution in [-0.4, -0.2) is 29.8 Å². The van der Waals surface area contributed by atoms with Gasteiger partial charge in [0.05, 0.1) is 10.6 Å². The van der Waals surface area contributed by atoms with Gasteiger partial charge in [-0.3, -0.25) is 0 Å². The predicted octanol–water partition coefficient (Wildman–Crippen LogP) is 1.50. The van der Waals surface area contributed by atoms with Gasteiger partial charge in [-0.1, -0.05) is 5.16 Å². The highest BCUT2D eigenvalue weighted by molar-refractivity contribution is 7.92. The lowest BCUT2D eigenvalue weighted by molar-refractivity contribution is 0.0693. The second-order valence-electron chi connectivity index (χ2n) is 4.31. The Morgan fingerprint density at radius 3 is 2.52 bits per heavy atom. The van der Waals surface area contributed by atoms with Crippen LogP contribution in [0.15, 0.2) is 27.6 Å². The van der Waals surface area contributed by atoms with Crippen LogP contribution in [-0.2, 0) is 10.0 Å². The third-order valence-corrected chi connectivity index (χ3v) is 4.22. The van der Waals surface area contributed by atoms with Crippen LogP contribution in [0.5, 0.6) is 5.75 Å². The zero-order chi connectivity index (χ0) is 15.8. The number of carboxylic acid groups (broad SMARTS) is 1. The topological polar surface area (TPSA) is 130 Å². The van der Waals surface area contributed by atoms with E-state index in [-0.39, 0.29) is 10.8 Å². The van der Waals surface area contributed by atoms with Crippen molar-refractivity contribution in [1.82, 2.24) is 5.16 Å². The van der Waals surface area contributed by atoms with Crippen molar-refractivity contribution < 1.29 is 27.9 Å². The van der Waals surface area contributed by atoms with Gasteiger partial charge in [-0.05, 0) is 32.0 Å². The van der Waals surface area contributed by atoms with Crippen molar-refractivity contribution in [3.05, 3.63) is 35.0 Å². The van der Waals surface area contributed by atoms with Gasteiger partial charge in [0.1, 0.15) is 11.3 Å². The van der Waals surface area contributed by atoms with E-state index < -0.39 is 27.3 Å². The molecule has 0 amide bonds. The molecule has 0 radical (unpaired) electrons. The average molecular weight is 312 g/mol. The molecule has 3 N–H and O–H groups in total. The van der Waals surface area contributed by atoms with E-state index in [4.69, 9.17) is 9.63 Å². The second-order valence-corrected chi connectivity index (χ2v) is 5.99. The molecule has 0 atom stereocenters. The van der Waals surface area contributed by atoms with E-state index in [0.717, 1.165) is 18.2 Å². The maximum atomic E-state index is 12.2. The van der Waals surface area contributed by atoms with Crippen LogP contribution < -0.4 is 4.72 Å². The molecule has 1 aromatic carbocycles. The number of rotatable bonds is 4. The van der Waals surface area contributed by atoms with Crippen LogP contribution in [0.2, 0.25) is 0 Å². The van der Waals surface area contributed by atoms with Gasteiger partial charge in [-0.2, -0.15) is 0 Å². The van der Waals surface area contributed by atoms with Gasteiger partial charge in [-0.25, -0.2) is 17.9 Å². The van der Waals surface area contributed by atoms with E-state index in [1.807, 2.05) is 0 Å². The summed E-state index contributed by atoms with van der Waals surface area (Å²) in [6, 6.07) is 2.94. The number of phenols is 1. The molecule has 9 heteroatoms. The Bertz CT molecular complexity index is 809. The SMILES string of the molecule is Cc1noc(NS(=O)(=O)c2ccc(O)c(C(=O)O)c2)c1C. The zero-order valence-electron chi connectivity index (χ0n) is 11.1. The molecule has 0 saturated carbocycles. The highest BCUT2D eigenvalue weighted by Gasteiger charge is 2.21. The van der Waals surface area contributed by atoms with Gasteiger partial charge in [0.2, 0.25) is 5.88 Å². The van der Waals surface area contributed by atoms with E-state index in [9.17, 15) is 18.3 Å². The summed E-state index contributed by atoms with van der Waals surface area (Å²) in [4.78, 5) is 10.6. The first-order valence-electron chi connectivity index (χ1n) is 5.74. The van der Waals surface area contributed by atoms with Crippen molar-refractivity contribution in [3.8, 4) is 5.75 Å². The monoisotopic (exact) mass is 312 g/mol. The molecule has 0 bridgehead atoms. The summed E-state index contributed by atoms with van der Waals surface area (Å²) in [7, 11) is -4.05. The zero-order valence-corrected chi connectivity index (χ0v) is 11.9. The molecule has 2 aromatic rings. The van der Waals surface area contributed by atoms with Crippen molar-refractivity contribution in [2.75, 3.05) is 4.72 Å². The van der Waals surface area contributed by atoms with Crippen molar-refractivity contribution in [3.63, 3.8) is 0 Å². The van der Waals surface area contributed by atoms with Gasteiger partial charge in [0.25, 0.3) is 10.0 Å². The Hall–Kier alpha value is -2.55. The number of hydrogen-bond donors (Lipinski definition) is 3. The summed E-state index contributed by atoms with van der Waals surface area (Å²) in [5.41, 5.74) is 0.545. The molecule has 1 heterocycles. The summed E-state index contributed by atoms with van der Waals surface area (Å²) >= 11 is 0. The van der Waals surface area contributed by atoms with Gasteiger partial charge in [0.15, 0.2) is 0 Å². The minimum atomic E-state index is -4.05. The van der Waals surface area contributed by atoms with Crippen molar-refractivity contribution >= 4 is 21.9 Å². The molecule has 8 nitrogen and oxygen atoms in total. The fraction of sp³-hybridized carbons (Fsp3) is 0.167. The van der Waals surface area contributed by atoms with Gasteiger partial charge < -0.3 is 14.7 Å². The van der Waals surface area contributed by atoms with Gasteiger partial charge >= 0.3 is 5.97 Å². The Morgan fingerprint density at radius 2 is 2.00 bits per heavy atom. The molecule has 0 fully saturated rings. The first-order chi connectivity index (χ1) is 9.72. The first kappa shape index (κ1) is 14.9. The smallest absolute Gasteiger partial charge is 0.339 e. The number of carbonyl (C=O) groups is 1. The molecule has 2 rings (SSSR count). The third-order valence-electron chi connectivity index (χ3n) is 2.89. The van der Waals surface area contributed by atoms with Crippen LogP contribution >= 0.6 is 0 Å². The van der Waals surface area contributed by atoms with E-state index >= 15 is 0 Å². The van der Waals surface area contributed by atoms with Crippen LogP contribution in [0.1, 0.15) is 21.6 Å². The molecule has 0 saturated heterocycles. The number of anilines is 1. The summed E-state index contributed by atoms with van der Waals surface area (Å²) in [5, 5.41) is 21.9. The number of carboxylic acids is 1. The third kappa shape index (κ3) is 2.82. The van der Waals surface area contributed by atoms with Crippen LogP contribution in [0, 0.1) is 13.8 Å². The average Bonchev–Trinajstić information content (AvgIpc) is 2.70. The number of nitrogens with zero attached hydrogens (tertiary/aromatic N) is 1.